The Balaban J connectivity index is 1.36. The Labute approximate surface area is 256 Å². The normalized spacial score (nSPS) is 15.9. The quantitative estimate of drug-likeness (QED) is 0.172. The highest BCUT2D eigenvalue weighted by atomic mass is 16.2. The number of ketones is 3. The summed E-state index contributed by atoms with van der Waals surface area (Å²) >= 11 is 0. The van der Waals surface area contributed by atoms with E-state index < -0.39 is 35.5 Å². The summed E-state index contributed by atoms with van der Waals surface area (Å²) in [5.41, 5.74) is 3.09. The number of carbonyl (C=O) groups is 5. The van der Waals surface area contributed by atoms with Gasteiger partial charge >= 0.3 is 0 Å². The zero-order chi connectivity index (χ0) is 31.1. The lowest BCUT2D eigenvalue weighted by Crippen LogP contribution is -2.50. The van der Waals surface area contributed by atoms with E-state index in [1.54, 1.807) is 0 Å². The summed E-state index contributed by atoms with van der Waals surface area (Å²) in [6.45, 7) is 0.157. The van der Waals surface area contributed by atoms with Gasteiger partial charge in [0.1, 0.15) is 5.78 Å². The number of amides is 2. The average Bonchev–Trinajstić information content (AvgIpc) is 3.61. The maximum absolute atomic E-state index is 13.9. The Kier molecular flexibility index (Phi) is 9.79. The molecule has 8 heteroatoms. The van der Waals surface area contributed by atoms with Crippen LogP contribution in [0.3, 0.4) is 0 Å². The maximum Gasteiger partial charge on any atom is 0.289 e. The number of hydrogen-bond acceptors (Lipinski definition) is 5. The van der Waals surface area contributed by atoms with E-state index >= 15 is 0 Å². The second-order valence-corrected chi connectivity index (χ2v) is 11.5. The van der Waals surface area contributed by atoms with Crippen LogP contribution in [0.1, 0.15) is 53.7 Å². The molecule has 2 amide bonds. The Morgan fingerprint density at radius 1 is 0.886 bits per heavy atom. The average molecular weight is 592 g/mol. The van der Waals surface area contributed by atoms with Gasteiger partial charge in [0.25, 0.3) is 5.91 Å². The third kappa shape index (κ3) is 7.37. The van der Waals surface area contributed by atoms with Crippen molar-refractivity contribution >= 4 is 40.1 Å². The molecule has 1 aliphatic carbocycles. The highest BCUT2D eigenvalue weighted by Crippen LogP contribution is 2.27. The van der Waals surface area contributed by atoms with Crippen LogP contribution >= 0.6 is 0 Å². The topological polar surface area (TPSA) is 114 Å². The molecule has 3 aromatic carbocycles. The van der Waals surface area contributed by atoms with Crippen LogP contribution in [0, 0.1) is 11.8 Å². The molecule has 1 fully saturated rings. The first-order valence-electron chi connectivity index (χ1n) is 15.1. The summed E-state index contributed by atoms with van der Waals surface area (Å²) in [5.74, 6) is -3.49. The van der Waals surface area contributed by atoms with Crippen LogP contribution in [0.15, 0.2) is 91.0 Å². The van der Waals surface area contributed by atoms with E-state index in [-0.39, 0.29) is 37.4 Å². The molecule has 1 saturated carbocycles. The van der Waals surface area contributed by atoms with Crippen molar-refractivity contribution in [3.8, 4) is 0 Å². The van der Waals surface area contributed by atoms with E-state index in [2.05, 4.69) is 10.6 Å². The van der Waals surface area contributed by atoms with Gasteiger partial charge in [0.2, 0.25) is 11.7 Å². The lowest BCUT2D eigenvalue weighted by Gasteiger charge is -2.23. The molecular formula is C36H37N3O5. The second kappa shape index (κ2) is 14.1. The predicted octanol–water partition coefficient (Wildman–Crippen LogP) is 4.74. The van der Waals surface area contributed by atoms with Gasteiger partial charge in [-0.15, -0.1) is 0 Å². The van der Waals surface area contributed by atoms with Gasteiger partial charge in [-0.25, -0.2) is 0 Å². The fraction of sp³-hybridized carbons (Fsp3) is 0.306. The molecule has 0 unspecified atom stereocenters. The van der Waals surface area contributed by atoms with Gasteiger partial charge in [-0.05, 0) is 48.9 Å². The number of para-hydroxylation sites is 1. The predicted molar refractivity (Wildman–Crippen MR) is 168 cm³/mol. The molecular weight excluding hydrogens is 554 g/mol. The van der Waals surface area contributed by atoms with Crippen molar-refractivity contribution in [2.45, 2.75) is 51.1 Å². The van der Waals surface area contributed by atoms with E-state index in [1.165, 1.54) is 0 Å². The zero-order valence-corrected chi connectivity index (χ0v) is 24.8. The first kappa shape index (κ1) is 30.6. The van der Waals surface area contributed by atoms with Crippen molar-refractivity contribution in [3.05, 3.63) is 108 Å². The standard InChI is InChI=1S/C36H37N3O5/c1-39-30-17-9-8-15-26(30)21-31(39)33(41)22-28(19-24-11-4-2-5-12-24)35(43)38-29(20-27-16-10-18-32(27)40)34(42)36(44)37-23-25-13-6-3-7-14-25/h2-9,11-15,17,21,27-29H,10,16,18-20,22-23H2,1H3,(H,37,44)(H,38,43)/t27-,28+,29-/m0/s1. The molecule has 0 bridgehead atoms. The first-order valence-corrected chi connectivity index (χ1v) is 15.1. The van der Waals surface area contributed by atoms with Crippen molar-refractivity contribution in [2.75, 3.05) is 0 Å². The van der Waals surface area contributed by atoms with Crippen molar-refractivity contribution < 1.29 is 24.0 Å². The van der Waals surface area contributed by atoms with E-state index in [0.29, 0.717) is 25.0 Å². The Morgan fingerprint density at radius 3 is 2.20 bits per heavy atom. The Hall–Kier alpha value is -4.85. The van der Waals surface area contributed by atoms with Crippen LogP contribution in [0.25, 0.3) is 10.9 Å². The van der Waals surface area contributed by atoms with Crippen molar-refractivity contribution in [2.24, 2.45) is 18.9 Å². The number of Topliss-reactive ketones (excluding diaryl/α,β-unsaturated/α-hetero) is 3. The van der Waals surface area contributed by atoms with Crippen LogP contribution in [0.5, 0.6) is 0 Å². The largest absolute Gasteiger partial charge is 0.345 e. The first-order chi connectivity index (χ1) is 21.3. The molecule has 0 spiro atoms. The molecule has 0 saturated heterocycles. The molecule has 44 heavy (non-hydrogen) atoms. The number of aromatic nitrogens is 1. The summed E-state index contributed by atoms with van der Waals surface area (Å²) in [5, 5.41) is 6.38. The number of carbonyl (C=O) groups excluding carboxylic acids is 5. The van der Waals surface area contributed by atoms with Crippen LogP contribution < -0.4 is 10.6 Å². The number of aryl methyl sites for hydroxylation is 1. The molecule has 5 rings (SSSR count). The highest BCUT2D eigenvalue weighted by Gasteiger charge is 2.35. The molecule has 8 nitrogen and oxygen atoms in total. The molecule has 4 aromatic rings. The Morgan fingerprint density at radius 2 is 1.55 bits per heavy atom. The molecule has 0 aliphatic heterocycles. The molecule has 1 aliphatic rings. The van der Waals surface area contributed by atoms with E-state index in [4.69, 9.17) is 0 Å². The second-order valence-electron chi connectivity index (χ2n) is 11.5. The minimum Gasteiger partial charge on any atom is -0.345 e. The molecule has 1 heterocycles. The van der Waals surface area contributed by atoms with Crippen LogP contribution in [-0.4, -0.2) is 39.8 Å². The van der Waals surface area contributed by atoms with Gasteiger partial charge in [0.05, 0.1) is 11.7 Å². The third-order valence-corrected chi connectivity index (χ3v) is 8.47. The number of hydrogen-bond donors (Lipinski definition) is 2. The Bertz CT molecular complexity index is 1660. The van der Waals surface area contributed by atoms with Gasteiger partial charge < -0.3 is 15.2 Å². The zero-order valence-electron chi connectivity index (χ0n) is 24.8. The van der Waals surface area contributed by atoms with Gasteiger partial charge in [0, 0.05) is 49.2 Å². The maximum atomic E-state index is 13.9. The minimum atomic E-state index is -1.18. The van der Waals surface area contributed by atoms with Crippen LogP contribution in [0.4, 0.5) is 0 Å². The van der Waals surface area contributed by atoms with Gasteiger partial charge in [-0.3, -0.25) is 24.0 Å². The van der Waals surface area contributed by atoms with Gasteiger partial charge in [-0.1, -0.05) is 78.9 Å². The summed E-state index contributed by atoms with van der Waals surface area (Å²) < 4.78 is 1.82. The monoisotopic (exact) mass is 591 g/mol. The van der Waals surface area contributed by atoms with Crippen LogP contribution in [0.2, 0.25) is 0 Å². The smallest absolute Gasteiger partial charge is 0.289 e. The molecule has 226 valence electrons. The fourth-order valence-corrected chi connectivity index (χ4v) is 6.01. The van der Waals surface area contributed by atoms with Gasteiger partial charge in [0.15, 0.2) is 5.78 Å². The number of rotatable bonds is 13. The number of nitrogens with zero attached hydrogens (tertiary/aromatic N) is 1. The summed E-state index contributed by atoms with van der Waals surface area (Å²) in [6.07, 6.45) is 1.99. The van der Waals surface area contributed by atoms with E-state index in [0.717, 1.165) is 22.0 Å². The minimum absolute atomic E-state index is 0.0357. The molecule has 2 N–H and O–H groups in total. The number of benzene rings is 3. The molecule has 3 atom stereocenters. The van der Waals surface area contributed by atoms with Crippen molar-refractivity contribution in [1.29, 1.82) is 0 Å². The summed E-state index contributed by atoms with van der Waals surface area (Å²) in [7, 11) is 1.82. The lowest BCUT2D eigenvalue weighted by atomic mass is 9.90. The van der Waals surface area contributed by atoms with E-state index in [9.17, 15) is 24.0 Å². The SMILES string of the molecule is Cn1c(C(=O)C[C@@H](Cc2ccccc2)C(=O)N[C@@H](C[C@@H]2CCCC2=O)C(=O)C(=O)NCc2ccccc2)cc2ccccc21. The lowest BCUT2D eigenvalue weighted by molar-refractivity contribution is -0.141. The van der Waals surface area contributed by atoms with Crippen molar-refractivity contribution in [1.82, 2.24) is 15.2 Å². The number of nitrogens with one attached hydrogen (secondary N) is 2. The number of fused-ring (bicyclic) bond motifs is 1. The molecule has 1 aromatic heterocycles. The fourth-order valence-electron chi connectivity index (χ4n) is 6.01. The third-order valence-electron chi connectivity index (χ3n) is 8.47. The summed E-state index contributed by atoms with van der Waals surface area (Å²) in [4.78, 5) is 66.5. The highest BCUT2D eigenvalue weighted by molar-refractivity contribution is 6.38. The van der Waals surface area contributed by atoms with Crippen LogP contribution in [-0.2, 0) is 39.2 Å². The van der Waals surface area contributed by atoms with Gasteiger partial charge in [-0.2, -0.15) is 0 Å². The molecule has 0 radical (unpaired) electrons. The van der Waals surface area contributed by atoms with E-state index in [1.807, 2.05) is 103 Å². The summed E-state index contributed by atoms with van der Waals surface area (Å²) in [6, 6.07) is 26.9. The van der Waals surface area contributed by atoms with Crippen molar-refractivity contribution in [3.63, 3.8) is 0 Å².